The van der Waals surface area contributed by atoms with E-state index in [4.69, 9.17) is 4.74 Å². The van der Waals surface area contributed by atoms with Crippen LogP contribution in [0.3, 0.4) is 0 Å². The molecule has 0 amide bonds. The molecule has 0 spiro atoms. The maximum absolute atomic E-state index is 10.8. The average molecular weight is 905 g/mol. The van der Waals surface area contributed by atoms with Crippen LogP contribution in [0.4, 0.5) is 17.1 Å². The van der Waals surface area contributed by atoms with Crippen LogP contribution in [-0.4, -0.2) is 6.47 Å². The number of nitriles is 1. The van der Waals surface area contributed by atoms with Crippen molar-refractivity contribution in [2.75, 3.05) is 4.90 Å². The van der Waals surface area contributed by atoms with Gasteiger partial charge in [0.1, 0.15) is 6.07 Å². The van der Waals surface area contributed by atoms with Gasteiger partial charge in [-0.15, -0.1) is 56.7 Å². The molecular formula is C54H36N2O2S5. The predicted molar refractivity (Wildman–Crippen MR) is 270 cm³/mol. The second-order valence-electron chi connectivity index (χ2n) is 17.2. The summed E-state index contributed by atoms with van der Waals surface area (Å²) in [6.45, 7) is 9.71. The van der Waals surface area contributed by atoms with E-state index in [1.807, 2.05) is 40.1 Å². The summed E-state index contributed by atoms with van der Waals surface area (Å²) in [4.78, 5) is 17.9. The second-order valence-corrected chi connectivity index (χ2v) is 22.6. The van der Waals surface area contributed by atoms with Gasteiger partial charge in [0.2, 0.25) is 5.76 Å². The van der Waals surface area contributed by atoms with Crippen molar-refractivity contribution < 1.29 is 9.53 Å². The molecule has 0 saturated heterocycles. The molecule has 0 bridgehead atoms. The van der Waals surface area contributed by atoms with Crippen LogP contribution < -0.4 is 4.90 Å². The van der Waals surface area contributed by atoms with Crippen molar-refractivity contribution in [3.63, 3.8) is 0 Å². The van der Waals surface area contributed by atoms with Gasteiger partial charge in [-0.2, -0.15) is 5.26 Å². The Balaban J connectivity index is 0.885. The van der Waals surface area contributed by atoms with E-state index >= 15 is 0 Å². The van der Waals surface area contributed by atoms with Crippen LogP contribution in [-0.2, 0) is 20.4 Å². The fraction of sp³-hybridized carbons (Fsp3) is 0.111. The van der Waals surface area contributed by atoms with Gasteiger partial charge < -0.3 is 9.64 Å². The summed E-state index contributed by atoms with van der Waals surface area (Å²) in [5, 5.41) is 9.30. The van der Waals surface area contributed by atoms with Crippen molar-refractivity contribution in [1.82, 2.24) is 0 Å². The molecule has 0 fully saturated rings. The molecule has 5 aromatic heterocycles. The van der Waals surface area contributed by atoms with Crippen LogP contribution in [0.25, 0.3) is 76.7 Å². The zero-order chi connectivity index (χ0) is 42.8. The lowest BCUT2D eigenvalue weighted by atomic mass is 9.82. The van der Waals surface area contributed by atoms with Crippen LogP contribution in [0.5, 0.6) is 0 Å². The van der Waals surface area contributed by atoms with Gasteiger partial charge in [0.15, 0.2) is 0 Å². The summed E-state index contributed by atoms with van der Waals surface area (Å²) in [6.07, 6.45) is 1.63. The summed E-state index contributed by atoms with van der Waals surface area (Å²) >= 11 is 8.90. The lowest BCUT2D eigenvalue weighted by Crippen LogP contribution is -2.18. The van der Waals surface area contributed by atoms with E-state index in [0.29, 0.717) is 6.47 Å². The first-order valence-electron chi connectivity index (χ1n) is 20.7. The van der Waals surface area contributed by atoms with Gasteiger partial charge in [0, 0.05) is 72.3 Å². The Kier molecular flexibility index (Phi) is 8.69. The Bertz CT molecular complexity index is 3460. The zero-order valence-corrected chi connectivity index (χ0v) is 38.7. The van der Waals surface area contributed by atoms with Gasteiger partial charge in [-0.1, -0.05) is 100 Å². The molecule has 2 aliphatic carbocycles. The third kappa shape index (κ3) is 5.97. The van der Waals surface area contributed by atoms with Crippen LogP contribution >= 0.6 is 56.7 Å². The van der Waals surface area contributed by atoms with E-state index in [0.717, 1.165) is 21.9 Å². The van der Waals surface area contributed by atoms with E-state index in [-0.39, 0.29) is 16.6 Å². The van der Waals surface area contributed by atoms with Crippen LogP contribution in [0.2, 0.25) is 0 Å². The second kappa shape index (κ2) is 14.2. The van der Waals surface area contributed by atoms with Crippen LogP contribution in [0.1, 0.15) is 54.8 Å². The Morgan fingerprint density at radius 1 is 0.540 bits per heavy atom. The van der Waals surface area contributed by atoms with Crippen molar-refractivity contribution in [2.45, 2.75) is 38.5 Å². The highest BCUT2D eigenvalue weighted by molar-refractivity contribution is 7.40. The number of carbonyl (C=O) groups is 1. The monoisotopic (exact) mass is 904 g/mol. The van der Waals surface area contributed by atoms with Gasteiger partial charge in [-0.05, 0) is 111 Å². The fourth-order valence-electron chi connectivity index (χ4n) is 9.80. The first-order valence-corrected chi connectivity index (χ1v) is 24.8. The predicted octanol–water partition coefficient (Wildman–Crippen LogP) is 16.9. The van der Waals surface area contributed by atoms with E-state index in [1.165, 1.54) is 92.9 Å². The minimum absolute atomic E-state index is 0.00483. The van der Waals surface area contributed by atoms with Gasteiger partial charge >= 0.3 is 0 Å². The molecule has 0 atom stereocenters. The van der Waals surface area contributed by atoms with E-state index < -0.39 is 0 Å². The molecular weight excluding hydrogens is 869 g/mol. The average Bonchev–Trinajstić information content (AvgIpc) is 4.16. The normalized spacial score (nSPS) is 14.4. The number of rotatable bonds is 8. The first-order chi connectivity index (χ1) is 30.6. The Labute approximate surface area is 384 Å². The number of hydrogen-bond acceptors (Lipinski definition) is 9. The number of nitrogens with zero attached hydrogens (tertiary/aromatic N) is 2. The number of anilines is 3. The quantitative estimate of drug-likeness (QED) is 0.0866. The molecule has 0 saturated carbocycles. The number of thiophene rings is 5. The van der Waals surface area contributed by atoms with Crippen molar-refractivity contribution in [3.05, 3.63) is 166 Å². The third-order valence-electron chi connectivity index (χ3n) is 12.9. The lowest BCUT2D eigenvalue weighted by Gasteiger charge is -2.30. The molecule has 4 nitrogen and oxygen atoms in total. The van der Waals surface area contributed by atoms with Crippen LogP contribution in [0, 0.1) is 11.3 Å². The molecule has 0 radical (unpaired) electrons. The smallest absolute Gasteiger partial charge is 0.299 e. The number of ether oxygens (including phenoxy) is 1. The molecule has 2 aliphatic rings. The number of fused-ring (bicyclic) bond motifs is 10. The van der Waals surface area contributed by atoms with Gasteiger partial charge in [0.25, 0.3) is 6.47 Å². The maximum atomic E-state index is 10.8. The number of benzene rings is 5. The zero-order valence-electron chi connectivity index (χ0n) is 34.6. The Morgan fingerprint density at radius 3 is 1.67 bits per heavy atom. The lowest BCUT2D eigenvalue weighted by molar-refractivity contribution is -0.124. The molecule has 63 heavy (non-hydrogen) atoms. The fourth-order valence-corrected chi connectivity index (χ4v) is 16.2. The minimum atomic E-state index is -0.109. The highest BCUT2D eigenvalue weighted by Crippen LogP contribution is 2.54. The van der Waals surface area contributed by atoms with Crippen LogP contribution in [0.15, 0.2) is 139 Å². The molecule has 9 heteroatoms. The van der Waals surface area contributed by atoms with Gasteiger partial charge in [-0.25, -0.2) is 0 Å². The largest absolute Gasteiger partial charge is 0.417 e. The highest BCUT2D eigenvalue weighted by Gasteiger charge is 2.37. The molecule has 0 unspecified atom stereocenters. The van der Waals surface area contributed by atoms with E-state index in [1.54, 1.807) is 28.7 Å². The summed E-state index contributed by atoms with van der Waals surface area (Å²) in [7, 11) is 0. The third-order valence-corrected chi connectivity index (χ3v) is 19.2. The SMILES string of the molecule is CC1(C)c2ccccc2-c2ccc(N(c3ccc(-c4cc5sc(-c6cc7sc8cc(C=C(C#N)OC=O)sc8c7s6)cc5s4)cc3)c3ccc4c(c3)C(C)(C)c3ccccc3-4)cc21. The van der Waals surface area contributed by atoms with Crippen molar-refractivity contribution >= 4 is 114 Å². The number of carbonyl (C=O) groups excluding carboxylic acids is 1. The minimum Gasteiger partial charge on any atom is -0.417 e. The molecule has 304 valence electrons. The summed E-state index contributed by atoms with van der Waals surface area (Å²) in [5.74, 6) is -0.00483. The molecule has 12 rings (SSSR count). The highest BCUT2D eigenvalue weighted by atomic mass is 32.1. The van der Waals surface area contributed by atoms with E-state index in [9.17, 15) is 10.1 Å². The molecule has 5 aromatic carbocycles. The summed E-state index contributed by atoms with van der Waals surface area (Å²) in [5.41, 5.74) is 15.2. The number of hydrogen-bond donors (Lipinski definition) is 0. The van der Waals surface area contributed by atoms with Crippen molar-refractivity contribution in [1.29, 1.82) is 5.26 Å². The summed E-state index contributed by atoms with van der Waals surface area (Å²) in [6, 6.07) is 52.0. The topological polar surface area (TPSA) is 53.3 Å². The first kappa shape index (κ1) is 38.5. The molecule has 5 heterocycles. The van der Waals surface area contributed by atoms with Crippen molar-refractivity contribution in [3.8, 4) is 48.5 Å². The van der Waals surface area contributed by atoms with Gasteiger partial charge in [-0.3, -0.25) is 4.79 Å². The Morgan fingerprint density at radius 2 is 1.05 bits per heavy atom. The maximum Gasteiger partial charge on any atom is 0.299 e. The van der Waals surface area contributed by atoms with Gasteiger partial charge in [0.05, 0.1) is 9.40 Å². The molecule has 10 aromatic rings. The van der Waals surface area contributed by atoms with Crippen molar-refractivity contribution in [2.24, 2.45) is 0 Å². The summed E-state index contributed by atoms with van der Waals surface area (Å²) < 4.78 is 12.3. The number of allylic oxidation sites excluding steroid dienone is 1. The standard InChI is InChI=1S/C54H36N2O2S5/c1-53(2)40-11-7-5-9-36(40)38-19-17-32(21-42(38)53)56(33-18-20-39-37-10-6-8-12-41(37)54(3,4)43(39)22-33)31-15-13-30(14-16-31)44-25-45-46(60-44)26-47(61-45)48-27-50-52(63-48)51-49(62-50)24-35(59-51)23-34(28-55)58-29-57/h5-27,29H,1-4H3. The Hall–Kier alpha value is -6.12. The molecule has 0 aliphatic heterocycles. The van der Waals surface area contributed by atoms with E-state index in [2.05, 4.69) is 166 Å². The molecule has 0 N–H and O–H groups in total.